The zero-order valence-electron chi connectivity index (χ0n) is 14.8. The molecular formula is C20H30NO2+. The van der Waals surface area contributed by atoms with E-state index in [4.69, 9.17) is 9.15 Å². The fourth-order valence-corrected chi connectivity index (χ4v) is 2.85. The Morgan fingerprint density at radius 2 is 1.78 bits per heavy atom. The second kappa shape index (κ2) is 8.78. The molecule has 0 spiro atoms. The normalized spacial score (nSPS) is 12.8. The molecule has 2 rings (SSSR count). The van der Waals surface area contributed by atoms with Crippen molar-refractivity contribution < 1.29 is 14.5 Å². The maximum absolute atomic E-state index is 5.67. The maximum atomic E-state index is 5.67. The van der Waals surface area contributed by atoms with Crippen molar-refractivity contribution in [3.8, 4) is 5.75 Å². The van der Waals surface area contributed by atoms with Crippen LogP contribution in [0.1, 0.15) is 51.4 Å². The minimum Gasteiger partial charge on any atom is -0.491 e. The van der Waals surface area contributed by atoms with Gasteiger partial charge in [0, 0.05) is 17.9 Å². The highest BCUT2D eigenvalue weighted by Crippen LogP contribution is 2.27. The first-order chi connectivity index (χ1) is 11.1. The third-order valence-corrected chi connectivity index (χ3v) is 4.07. The molecule has 0 saturated carbocycles. The number of benzene rings is 1. The summed E-state index contributed by atoms with van der Waals surface area (Å²) < 4.78 is 11.3. The van der Waals surface area contributed by atoms with Gasteiger partial charge in [0.25, 0.3) is 0 Å². The zero-order valence-corrected chi connectivity index (χ0v) is 14.8. The molecule has 1 aromatic heterocycles. The number of ether oxygens (including phenoxy) is 1. The number of furan rings is 1. The standard InChI is InChI=1S/C20H29NO2/c1-15(2)19(20-6-5-13-22-20)11-12-21-14-17-7-9-18(10-8-17)23-16(3)4/h5-10,13,15-16,19,21H,11-12,14H2,1-4H3/p+1/t19-/m1/s1. The van der Waals surface area contributed by atoms with Crippen LogP contribution >= 0.6 is 0 Å². The van der Waals surface area contributed by atoms with E-state index in [1.807, 2.05) is 19.9 Å². The highest BCUT2D eigenvalue weighted by molar-refractivity contribution is 5.26. The van der Waals surface area contributed by atoms with Gasteiger partial charge in [0.15, 0.2) is 0 Å². The second-order valence-electron chi connectivity index (χ2n) is 6.75. The van der Waals surface area contributed by atoms with Crippen molar-refractivity contribution in [2.24, 2.45) is 5.92 Å². The van der Waals surface area contributed by atoms with Gasteiger partial charge >= 0.3 is 0 Å². The third kappa shape index (κ3) is 5.76. The van der Waals surface area contributed by atoms with Gasteiger partial charge in [-0.3, -0.25) is 0 Å². The molecule has 2 N–H and O–H groups in total. The molecule has 0 unspecified atom stereocenters. The molecule has 1 aromatic carbocycles. The van der Waals surface area contributed by atoms with Crippen LogP contribution in [0.5, 0.6) is 5.75 Å². The molecule has 0 radical (unpaired) electrons. The third-order valence-electron chi connectivity index (χ3n) is 4.07. The van der Waals surface area contributed by atoms with Crippen LogP contribution in [0.2, 0.25) is 0 Å². The lowest BCUT2D eigenvalue weighted by Gasteiger charge is -2.17. The van der Waals surface area contributed by atoms with E-state index in [1.165, 1.54) is 5.56 Å². The number of hydrogen-bond donors (Lipinski definition) is 1. The molecule has 2 aromatic rings. The van der Waals surface area contributed by atoms with Crippen molar-refractivity contribution >= 4 is 0 Å². The van der Waals surface area contributed by atoms with Crippen LogP contribution in [0.4, 0.5) is 0 Å². The van der Waals surface area contributed by atoms with E-state index >= 15 is 0 Å². The molecule has 3 nitrogen and oxygen atoms in total. The van der Waals surface area contributed by atoms with Gasteiger partial charge in [0.2, 0.25) is 0 Å². The summed E-state index contributed by atoms with van der Waals surface area (Å²) in [5.74, 6) is 3.16. The predicted molar refractivity (Wildman–Crippen MR) is 93.6 cm³/mol. The molecular weight excluding hydrogens is 286 g/mol. The van der Waals surface area contributed by atoms with Gasteiger partial charge in [-0.25, -0.2) is 0 Å². The smallest absolute Gasteiger partial charge is 0.119 e. The van der Waals surface area contributed by atoms with E-state index in [-0.39, 0.29) is 6.10 Å². The van der Waals surface area contributed by atoms with Crippen LogP contribution in [-0.2, 0) is 6.54 Å². The molecule has 0 amide bonds. The number of nitrogens with two attached hydrogens (primary N) is 1. The number of rotatable bonds is 9. The number of quaternary nitrogens is 1. The Kier molecular flexibility index (Phi) is 6.72. The van der Waals surface area contributed by atoms with Gasteiger partial charge in [-0.1, -0.05) is 13.8 Å². The van der Waals surface area contributed by atoms with E-state index in [1.54, 1.807) is 6.26 Å². The molecule has 0 saturated heterocycles. The van der Waals surface area contributed by atoms with E-state index in [0.717, 1.165) is 31.0 Å². The van der Waals surface area contributed by atoms with Crippen molar-refractivity contribution in [3.63, 3.8) is 0 Å². The Morgan fingerprint density at radius 1 is 1.04 bits per heavy atom. The van der Waals surface area contributed by atoms with Gasteiger partial charge in [0.1, 0.15) is 18.1 Å². The average molecular weight is 316 g/mol. The maximum Gasteiger partial charge on any atom is 0.119 e. The lowest BCUT2D eigenvalue weighted by molar-refractivity contribution is -0.671. The second-order valence-corrected chi connectivity index (χ2v) is 6.75. The fourth-order valence-electron chi connectivity index (χ4n) is 2.85. The average Bonchev–Trinajstić information content (AvgIpc) is 3.01. The predicted octanol–water partition coefficient (Wildman–Crippen LogP) is 3.96. The van der Waals surface area contributed by atoms with E-state index in [2.05, 4.69) is 49.5 Å². The monoisotopic (exact) mass is 316 g/mol. The van der Waals surface area contributed by atoms with E-state index in [9.17, 15) is 0 Å². The first-order valence-corrected chi connectivity index (χ1v) is 8.67. The van der Waals surface area contributed by atoms with Crippen molar-refractivity contribution in [1.82, 2.24) is 0 Å². The summed E-state index contributed by atoms with van der Waals surface area (Å²) in [7, 11) is 0. The number of hydrogen-bond acceptors (Lipinski definition) is 2. The highest BCUT2D eigenvalue weighted by atomic mass is 16.5. The van der Waals surface area contributed by atoms with Crippen LogP contribution in [0.15, 0.2) is 47.1 Å². The topological polar surface area (TPSA) is 39.0 Å². The van der Waals surface area contributed by atoms with Crippen molar-refractivity contribution in [3.05, 3.63) is 54.0 Å². The SMILES string of the molecule is CC(C)Oc1ccc(C[NH2+]CC[C@@H](c2ccco2)C(C)C)cc1. The molecule has 126 valence electrons. The van der Waals surface area contributed by atoms with Crippen LogP contribution in [0.3, 0.4) is 0 Å². The Hall–Kier alpha value is -1.74. The summed E-state index contributed by atoms with van der Waals surface area (Å²) in [6, 6.07) is 12.5. The summed E-state index contributed by atoms with van der Waals surface area (Å²) in [4.78, 5) is 0. The van der Waals surface area contributed by atoms with Crippen molar-refractivity contribution in [2.75, 3.05) is 6.54 Å². The lowest BCUT2D eigenvalue weighted by Crippen LogP contribution is -2.82. The summed E-state index contributed by atoms with van der Waals surface area (Å²) in [6.07, 6.45) is 3.14. The Bertz CT molecular complexity index is 544. The van der Waals surface area contributed by atoms with Gasteiger partial charge in [-0.15, -0.1) is 0 Å². The van der Waals surface area contributed by atoms with E-state index in [0.29, 0.717) is 11.8 Å². The molecule has 1 atom stereocenters. The van der Waals surface area contributed by atoms with Crippen LogP contribution < -0.4 is 10.1 Å². The Morgan fingerprint density at radius 3 is 2.35 bits per heavy atom. The Balaban J connectivity index is 1.76. The van der Waals surface area contributed by atoms with Gasteiger partial charge in [-0.05, 0) is 56.2 Å². The van der Waals surface area contributed by atoms with Crippen molar-refractivity contribution in [2.45, 2.75) is 52.7 Å². The van der Waals surface area contributed by atoms with Crippen LogP contribution in [-0.4, -0.2) is 12.6 Å². The summed E-state index contributed by atoms with van der Waals surface area (Å²) >= 11 is 0. The molecule has 0 aliphatic carbocycles. The molecule has 0 fully saturated rings. The zero-order chi connectivity index (χ0) is 16.7. The van der Waals surface area contributed by atoms with Crippen LogP contribution in [0.25, 0.3) is 0 Å². The molecule has 23 heavy (non-hydrogen) atoms. The fraction of sp³-hybridized carbons (Fsp3) is 0.500. The highest BCUT2D eigenvalue weighted by Gasteiger charge is 2.18. The van der Waals surface area contributed by atoms with Gasteiger partial charge in [-0.2, -0.15) is 0 Å². The first kappa shape index (κ1) is 17.6. The summed E-state index contributed by atoms with van der Waals surface area (Å²) in [6.45, 7) is 10.7. The van der Waals surface area contributed by atoms with Gasteiger partial charge < -0.3 is 14.5 Å². The summed E-state index contributed by atoms with van der Waals surface area (Å²) in [5, 5.41) is 2.37. The largest absolute Gasteiger partial charge is 0.491 e. The Labute approximate surface area is 140 Å². The minimum atomic E-state index is 0.224. The molecule has 3 heteroatoms. The van der Waals surface area contributed by atoms with Gasteiger partial charge in [0.05, 0.1) is 18.9 Å². The molecule has 0 aliphatic heterocycles. The lowest BCUT2D eigenvalue weighted by atomic mass is 9.90. The molecule has 1 heterocycles. The quantitative estimate of drug-likeness (QED) is 0.711. The van der Waals surface area contributed by atoms with Crippen LogP contribution in [0, 0.1) is 5.92 Å². The van der Waals surface area contributed by atoms with E-state index < -0.39 is 0 Å². The van der Waals surface area contributed by atoms with Crippen molar-refractivity contribution in [1.29, 1.82) is 0 Å². The molecule has 0 bridgehead atoms. The molecule has 0 aliphatic rings. The summed E-state index contributed by atoms with van der Waals surface area (Å²) in [5.41, 5.74) is 1.33. The first-order valence-electron chi connectivity index (χ1n) is 8.67. The minimum absolute atomic E-state index is 0.224.